The number of hydrogen-bond acceptors (Lipinski definition) is 5. The zero-order valence-corrected chi connectivity index (χ0v) is 19.1. The standard InChI is InChI=1S/C25H35F2NO5/c1-2-28-25(31)5-3-4-16-6-9-20-19(22(30)13-23(20)32-14-16)10-8-18(29)15-33-24-12-17(26)7-11-21(24)27/h7-8,10-12,16,18-20,22-23,29-30H,2-6,9,13-15H2,1H3,(H,28,31)/b10-8+/t16-,18+,19+,20+,22+,23-/m0/s1. The van der Waals surface area contributed by atoms with Crippen molar-refractivity contribution < 1.29 is 33.3 Å². The molecule has 1 heterocycles. The first-order valence-electron chi connectivity index (χ1n) is 11.9. The van der Waals surface area contributed by atoms with Crippen LogP contribution in [0.1, 0.15) is 45.4 Å². The summed E-state index contributed by atoms with van der Waals surface area (Å²) in [6.45, 7) is 2.97. The number of carbonyl (C=O) groups is 1. The summed E-state index contributed by atoms with van der Waals surface area (Å²) in [5, 5.41) is 23.6. The molecule has 3 rings (SSSR count). The molecule has 1 aliphatic carbocycles. The highest BCUT2D eigenvalue weighted by atomic mass is 19.1. The van der Waals surface area contributed by atoms with Gasteiger partial charge in [-0.15, -0.1) is 0 Å². The van der Waals surface area contributed by atoms with Gasteiger partial charge in [0, 0.05) is 38.0 Å². The molecule has 1 saturated heterocycles. The van der Waals surface area contributed by atoms with Gasteiger partial charge in [0.05, 0.1) is 12.2 Å². The summed E-state index contributed by atoms with van der Waals surface area (Å²) >= 11 is 0. The molecule has 6 atom stereocenters. The second-order valence-electron chi connectivity index (χ2n) is 9.04. The Kier molecular flexibility index (Phi) is 9.64. The van der Waals surface area contributed by atoms with Crippen LogP contribution in [-0.4, -0.2) is 54.2 Å². The number of benzene rings is 1. The first-order valence-corrected chi connectivity index (χ1v) is 11.9. The molecule has 1 saturated carbocycles. The zero-order chi connectivity index (χ0) is 23.8. The van der Waals surface area contributed by atoms with Crippen molar-refractivity contribution in [3.63, 3.8) is 0 Å². The number of carbonyl (C=O) groups excluding carboxylic acids is 1. The van der Waals surface area contributed by atoms with Crippen molar-refractivity contribution in [2.75, 3.05) is 19.8 Å². The van der Waals surface area contributed by atoms with Crippen LogP contribution in [0.15, 0.2) is 30.4 Å². The zero-order valence-electron chi connectivity index (χ0n) is 19.1. The molecule has 3 N–H and O–H groups in total. The van der Waals surface area contributed by atoms with E-state index in [0.717, 1.165) is 43.9 Å². The SMILES string of the molecule is CCNC(=O)CCC[C@H]1CC[C@@H]2[C@@H](/C=C/[C@@H](O)COc3cc(F)ccc3F)[C@H](O)C[C@@H]2OC1. The quantitative estimate of drug-likeness (QED) is 0.460. The van der Waals surface area contributed by atoms with Crippen molar-refractivity contribution in [3.05, 3.63) is 42.0 Å². The van der Waals surface area contributed by atoms with Crippen LogP contribution in [0.4, 0.5) is 8.78 Å². The molecule has 184 valence electrons. The second-order valence-corrected chi connectivity index (χ2v) is 9.04. The Morgan fingerprint density at radius 1 is 1.36 bits per heavy atom. The highest BCUT2D eigenvalue weighted by molar-refractivity contribution is 5.75. The lowest BCUT2D eigenvalue weighted by Gasteiger charge is -2.21. The Bertz CT molecular complexity index is 805. The van der Waals surface area contributed by atoms with Gasteiger partial charge in [-0.3, -0.25) is 4.79 Å². The summed E-state index contributed by atoms with van der Waals surface area (Å²) in [7, 11) is 0. The third kappa shape index (κ3) is 7.48. The lowest BCUT2D eigenvalue weighted by atomic mass is 9.86. The summed E-state index contributed by atoms with van der Waals surface area (Å²) in [5.41, 5.74) is 0. The summed E-state index contributed by atoms with van der Waals surface area (Å²) < 4.78 is 38.2. The Hall–Kier alpha value is -2.03. The molecular weight excluding hydrogens is 432 g/mol. The minimum absolute atomic E-state index is 0.0298. The van der Waals surface area contributed by atoms with E-state index in [2.05, 4.69) is 5.32 Å². The number of halogens is 2. The number of rotatable bonds is 10. The fraction of sp³-hybridized carbons (Fsp3) is 0.640. The number of aliphatic hydroxyl groups excluding tert-OH is 2. The molecule has 0 unspecified atom stereocenters. The highest BCUT2D eigenvalue weighted by Gasteiger charge is 2.43. The average molecular weight is 468 g/mol. The van der Waals surface area contributed by atoms with E-state index in [-0.39, 0.29) is 36.2 Å². The van der Waals surface area contributed by atoms with E-state index in [4.69, 9.17) is 9.47 Å². The number of fused-ring (bicyclic) bond motifs is 1. The molecule has 0 aromatic heterocycles. The Labute approximate surface area is 194 Å². The van der Waals surface area contributed by atoms with Gasteiger partial charge < -0.3 is 25.0 Å². The van der Waals surface area contributed by atoms with Crippen LogP contribution in [0.3, 0.4) is 0 Å². The summed E-state index contributed by atoms with van der Waals surface area (Å²) in [6.07, 6.45) is 6.46. The molecule has 1 aliphatic heterocycles. The van der Waals surface area contributed by atoms with E-state index < -0.39 is 23.8 Å². The Morgan fingerprint density at radius 3 is 2.97 bits per heavy atom. The van der Waals surface area contributed by atoms with Crippen molar-refractivity contribution in [1.82, 2.24) is 5.32 Å². The molecular formula is C25H35F2NO5. The predicted molar refractivity (Wildman–Crippen MR) is 120 cm³/mol. The number of hydrogen-bond donors (Lipinski definition) is 3. The van der Waals surface area contributed by atoms with Gasteiger partial charge >= 0.3 is 0 Å². The van der Waals surface area contributed by atoms with Crippen LogP contribution in [0, 0.1) is 29.4 Å². The smallest absolute Gasteiger partial charge is 0.219 e. The molecule has 0 bridgehead atoms. The molecule has 33 heavy (non-hydrogen) atoms. The van der Waals surface area contributed by atoms with Crippen molar-refractivity contribution >= 4 is 5.91 Å². The monoisotopic (exact) mass is 467 g/mol. The molecule has 8 heteroatoms. The van der Waals surface area contributed by atoms with Gasteiger partial charge in [0.15, 0.2) is 11.6 Å². The summed E-state index contributed by atoms with van der Waals surface area (Å²) in [5.74, 6) is -1.08. The number of amides is 1. The number of nitrogens with one attached hydrogen (secondary N) is 1. The summed E-state index contributed by atoms with van der Waals surface area (Å²) in [6, 6.07) is 2.91. The lowest BCUT2D eigenvalue weighted by molar-refractivity contribution is -0.121. The van der Waals surface area contributed by atoms with Crippen LogP contribution < -0.4 is 10.1 Å². The minimum atomic E-state index is -1.02. The Balaban J connectivity index is 1.48. The third-order valence-corrected chi connectivity index (χ3v) is 6.59. The maximum absolute atomic E-state index is 13.7. The van der Waals surface area contributed by atoms with Crippen LogP contribution >= 0.6 is 0 Å². The molecule has 2 aliphatic rings. The van der Waals surface area contributed by atoms with Crippen molar-refractivity contribution in [2.45, 2.75) is 63.8 Å². The average Bonchev–Trinajstić information content (AvgIpc) is 2.94. The van der Waals surface area contributed by atoms with E-state index in [1.165, 1.54) is 0 Å². The van der Waals surface area contributed by atoms with Gasteiger partial charge in [0.2, 0.25) is 5.91 Å². The van der Waals surface area contributed by atoms with Crippen LogP contribution in [0.5, 0.6) is 5.75 Å². The molecule has 0 spiro atoms. The maximum Gasteiger partial charge on any atom is 0.219 e. The molecule has 1 amide bonds. The fourth-order valence-corrected chi connectivity index (χ4v) is 4.85. The number of ether oxygens (including phenoxy) is 2. The highest BCUT2D eigenvalue weighted by Crippen LogP contribution is 2.42. The van der Waals surface area contributed by atoms with E-state index in [1.54, 1.807) is 12.2 Å². The second kappa shape index (κ2) is 12.4. The van der Waals surface area contributed by atoms with Crippen LogP contribution in [-0.2, 0) is 9.53 Å². The maximum atomic E-state index is 13.7. The minimum Gasteiger partial charge on any atom is -0.487 e. The van der Waals surface area contributed by atoms with Crippen molar-refractivity contribution in [2.24, 2.45) is 17.8 Å². The molecule has 2 fully saturated rings. The van der Waals surface area contributed by atoms with Gasteiger partial charge in [0.25, 0.3) is 0 Å². The van der Waals surface area contributed by atoms with E-state index in [9.17, 15) is 23.8 Å². The first-order chi connectivity index (χ1) is 15.9. The van der Waals surface area contributed by atoms with Crippen molar-refractivity contribution in [1.29, 1.82) is 0 Å². The summed E-state index contributed by atoms with van der Waals surface area (Å²) in [4.78, 5) is 11.6. The number of aliphatic hydroxyl groups is 2. The Morgan fingerprint density at radius 2 is 2.18 bits per heavy atom. The van der Waals surface area contributed by atoms with Gasteiger partial charge in [-0.05, 0) is 56.6 Å². The molecule has 6 nitrogen and oxygen atoms in total. The molecule has 1 aromatic rings. The van der Waals surface area contributed by atoms with E-state index in [1.807, 2.05) is 6.92 Å². The van der Waals surface area contributed by atoms with Gasteiger partial charge in [0.1, 0.15) is 18.5 Å². The first kappa shape index (κ1) is 25.6. The third-order valence-electron chi connectivity index (χ3n) is 6.59. The van der Waals surface area contributed by atoms with Crippen molar-refractivity contribution in [3.8, 4) is 5.75 Å². The van der Waals surface area contributed by atoms with E-state index in [0.29, 0.717) is 31.9 Å². The molecule has 0 radical (unpaired) electrons. The van der Waals surface area contributed by atoms with E-state index >= 15 is 0 Å². The predicted octanol–water partition coefficient (Wildman–Crippen LogP) is 3.36. The van der Waals surface area contributed by atoms with Gasteiger partial charge in [-0.25, -0.2) is 8.78 Å². The molecule has 1 aromatic carbocycles. The fourth-order valence-electron chi connectivity index (χ4n) is 4.85. The normalized spacial score (nSPS) is 28.3. The van der Waals surface area contributed by atoms with Crippen LogP contribution in [0.2, 0.25) is 0 Å². The lowest BCUT2D eigenvalue weighted by Crippen LogP contribution is -2.22. The topological polar surface area (TPSA) is 88.0 Å². The van der Waals surface area contributed by atoms with Crippen LogP contribution in [0.25, 0.3) is 0 Å². The largest absolute Gasteiger partial charge is 0.487 e. The van der Waals surface area contributed by atoms with Gasteiger partial charge in [-0.2, -0.15) is 0 Å². The van der Waals surface area contributed by atoms with Gasteiger partial charge in [-0.1, -0.05) is 12.2 Å².